The van der Waals surface area contributed by atoms with Crippen molar-refractivity contribution in [2.45, 2.75) is 104 Å². The molecule has 0 bridgehead atoms. The SMILES string of the molecule is CC(C(=O)OCCOC(C)N(C(=O)NC=O)C1SC(=O)C=C(CCCC2(C)CC2)C1C)c1ccc(-c2ccccc2)c(F)c1.CC1(C)CC1.c1ccccc1. The van der Waals surface area contributed by atoms with Crippen molar-refractivity contribution >= 4 is 35.3 Å². The third kappa shape index (κ3) is 14.1. The normalized spacial score (nSPS) is 19.8. The van der Waals surface area contributed by atoms with Gasteiger partial charge in [-0.25, -0.2) is 9.18 Å². The molecular weight excluding hydrogens is 716 g/mol. The molecule has 0 saturated heterocycles. The quantitative estimate of drug-likeness (QED) is 0.0753. The van der Waals surface area contributed by atoms with Gasteiger partial charge in [0.25, 0.3) is 0 Å². The van der Waals surface area contributed by atoms with Crippen molar-refractivity contribution in [3.05, 3.63) is 108 Å². The molecule has 0 aromatic heterocycles. The molecule has 4 atom stereocenters. The van der Waals surface area contributed by atoms with E-state index in [-0.39, 0.29) is 24.2 Å². The van der Waals surface area contributed by atoms with Crippen LogP contribution in [0.2, 0.25) is 0 Å². The van der Waals surface area contributed by atoms with Crippen LogP contribution in [-0.2, 0) is 23.9 Å². The van der Waals surface area contributed by atoms with Crippen LogP contribution < -0.4 is 5.32 Å². The Morgan fingerprint density at radius 2 is 1.55 bits per heavy atom. The molecule has 1 N–H and O–H groups in total. The number of benzene rings is 3. The largest absolute Gasteiger partial charge is 0.463 e. The van der Waals surface area contributed by atoms with E-state index in [1.165, 1.54) is 36.6 Å². The molecule has 2 fully saturated rings. The fourth-order valence-electron chi connectivity index (χ4n) is 6.10. The van der Waals surface area contributed by atoms with E-state index in [9.17, 15) is 23.6 Å². The third-order valence-electron chi connectivity index (χ3n) is 10.5. The molecular formula is C45H57FN2O6S. The summed E-state index contributed by atoms with van der Waals surface area (Å²) in [7, 11) is 0. The van der Waals surface area contributed by atoms with E-state index in [0.717, 1.165) is 47.6 Å². The van der Waals surface area contributed by atoms with Crippen LogP contribution in [0.5, 0.6) is 0 Å². The van der Waals surface area contributed by atoms with Gasteiger partial charge in [0.05, 0.1) is 17.9 Å². The van der Waals surface area contributed by atoms with Gasteiger partial charge in [0.2, 0.25) is 11.5 Å². The number of esters is 1. The molecule has 8 nitrogen and oxygen atoms in total. The number of halogens is 1. The fourth-order valence-corrected chi connectivity index (χ4v) is 7.32. The van der Waals surface area contributed by atoms with Crippen LogP contribution in [0, 0.1) is 22.6 Å². The van der Waals surface area contributed by atoms with E-state index in [4.69, 9.17) is 9.47 Å². The summed E-state index contributed by atoms with van der Waals surface area (Å²) in [6.07, 6.45) is 9.36. The van der Waals surface area contributed by atoms with Gasteiger partial charge in [-0.3, -0.25) is 24.6 Å². The van der Waals surface area contributed by atoms with E-state index < -0.39 is 35.3 Å². The molecule has 3 amide bonds. The molecule has 4 unspecified atom stereocenters. The number of hydrogen-bond acceptors (Lipinski definition) is 7. The minimum absolute atomic E-state index is 0.0349. The van der Waals surface area contributed by atoms with Gasteiger partial charge in [-0.15, -0.1) is 0 Å². The number of thioether (sulfide) groups is 1. The summed E-state index contributed by atoms with van der Waals surface area (Å²) in [5.41, 5.74) is 3.83. The standard InChI is InChI=1S/C34H41FN2O6S.C6H6.C5H10/c1-22-26(11-8-14-34(4)15-16-34)20-30(39)44-31(22)37(33(41)36-21-38)24(3)42-17-18-43-32(40)23(2)27-12-13-28(29(35)19-27)25-9-6-5-7-10-25;1-2-4-6-5-3-1;1-5(2)3-4-5/h5-7,9-10,12-13,19-24,31H,8,11,14-18H2,1-4H3,(H,36,38,41);1-6H;3-4H2,1-2H3. The van der Waals surface area contributed by atoms with Gasteiger partial charge in [0.1, 0.15) is 18.7 Å². The molecule has 0 spiro atoms. The average Bonchev–Trinajstić information content (AvgIpc) is 4.10. The molecule has 0 radical (unpaired) electrons. The predicted octanol–water partition coefficient (Wildman–Crippen LogP) is 10.3. The molecule has 3 aromatic rings. The molecule has 1 heterocycles. The molecule has 3 aromatic carbocycles. The Labute approximate surface area is 330 Å². The summed E-state index contributed by atoms with van der Waals surface area (Å²) in [6, 6.07) is 25.2. The fraction of sp³-hybridized carbons (Fsp3) is 0.467. The Morgan fingerprint density at radius 3 is 2.09 bits per heavy atom. The highest BCUT2D eigenvalue weighted by Gasteiger charge is 2.40. The van der Waals surface area contributed by atoms with Crippen molar-refractivity contribution in [3.63, 3.8) is 0 Å². The number of carbonyl (C=O) groups is 4. The Hall–Kier alpha value is -4.28. The summed E-state index contributed by atoms with van der Waals surface area (Å²) in [4.78, 5) is 50.9. The number of carbonyl (C=O) groups excluding carboxylic acids is 4. The van der Waals surface area contributed by atoms with Crippen molar-refractivity contribution in [1.29, 1.82) is 0 Å². The second-order valence-electron chi connectivity index (χ2n) is 15.8. The number of ether oxygens (including phenoxy) is 2. The highest BCUT2D eigenvalue weighted by molar-refractivity contribution is 8.14. The molecule has 2 aliphatic carbocycles. The lowest BCUT2D eigenvalue weighted by molar-refractivity contribution is -0.148. The zero-order chi connectivity index (χ0) is 40.0. The van der Waals surface area contributed by atoms with Gasteiger partial charge >= 0.3 is 12.0 Å². The van der Waals surface area contributed by atoms with E-state index in [2.05, 4.69) is 26.1 Å². The van der Waals surface area contributed by atoms with Gasteiger partial charge < -0.3 is 9.47 Å². The van der Waals surface area contributed by atoms with Crippen LogP contribution in [0.3, 0.4) is 0 Å². The Bertz CT molecular complexity index is 1710. The first kappa shape index (κ1) is 43.4. The van der Waals surface area contributed by atoms with E-state index in [1.807, 2.05) is 73.7 Å². The van der Waals surface area contributed by atoms with Crippen LogP contribution in [0.15, 0.2) is 96.6 Å². The number of rotatable bonds is 14. The summed E-state index contributed by atoms with van der Waals surface area (Å²) >= 11 is 1.02. The number of imide groups is 1. The van der Waals surface area contributed by atoms with Gasteiger partial charge in [-0.1, -0.05) is 124 Å². The predicted molar refractivity (Wildman–Crippen MR) is 217 cm³/mol. The molecule has 1 aliphatic heterocycles. The molecule has 6 rings (SSSR count). The van der Waals surface area contributed by atoms with E-state index in [1.54, 1.807) is 32.1 Å². The minimum Gasteiger partial charge on any atom is -0.463 e. The Kier molecular flexibility index (Phi) is 16.3. The second-order valence-corrected chi connectivity index (χ2v) is 16.9. The lowest BCUT2D eigenvalue weighted by atomic mass is 9.91. The van der Waals surface area contributed by atoms with Gasteiger partial charge in [0, 0.05) is 11.5 Å². The van der Waals surface area contributed by atoms with Crippen molar-refractivity contribution in [2.24, 2.45) is 16.7 Å². The molecule has 10 heteroatoms. The zero-order valence-electron chi connectivity index (χ0n) is 33.1. The minimum atomic E-state index is -0.830. The molecule has 55 heavy (non-hydrogen) atoms. The maximum absolute atomic E-state index is 14.8. The summed E-state index contributed by atoms with van der Waals surface area (Å²) in [5.74, 6) is -1.82. The number of hydrogen-bond donors (Lipinski definition) is 1. The first-order valence-electron chi connectivity index (χ1n) is 19.3. The summed E-state index contributed by atoms with van der Waals surface area (Å²) in [6.45, 7) is 12.0. The summed E-state index contributed by atoms with van der Waals surface area (Å²) < 4.78 is 26.1. The van der Waals surface area contributed by atoms with Crippen LogP contribution in [0.25, 0.3) is 11.1 Å². The number of nitrogens with zero attached hydrogens (tertiary/aromatic N) is 1. The monoisotopic (exact) mass is 772 g/mol. The van der Waals surface area contributed by atoms with Crippen molar-refractivity contribution in [3.8, 4) is 11.1 Å². The van der Waals surface area contributed by atoms with Crippen LogP contribution in [0.4, 0.5) is 9.18 Å². The van der Waals surface area contributed by atoms with Crippen molar-refractivity contribution in [2.75, 3.05) is 13.2 Å². The van der Waals surface area contributed by atoms with Crippen molar-refractivity contribution < 1.29 is 33.0 Å². The highest BCUT2D eigenvalue weighted by Crippen LogP contribution is 2.50. The Balaban J connectivity index is 0.000000521. The smallest absolute Gasteiger partial charge is 0.326 e. The van der Waals surface area contributed by atoms with Crippen molar-refractivity contribution in [1.82, 2.24) is 10.2 Å². The zero-order valence-corrected chi connectivity index (χ0v) is 33.9. The topological polar surface area (TPSA) is 102 Å². The first-order valence-corrected chi connectivity index (χ1v) is 20.2. The maximum atomic E-state index is 14.8. The molecule has 296 valence electrons. The van der Waals surface area contributed by atoms with Crippen LogP contribution in [-0.4, -0.2) is 53.2 Å². The van der Waals surface area contributed by atoms with Gasteiger partial charge in [-0.2, -0.15) is 0 Å². The highest BCUT2D eigenvalue weighted by atomic mass is 32.2. The molecule has 3 aliphatic rings. The maximum Gasteiger partial charge on any atom is 0.326 e. The number of amides is 3. The van der Waals surface area contributed by atoms with Crippen LogP contribution >= 0.6 is 11.8 Å². The van der Waals surface area contributed by atoms with E-state index >= 15 is 0 Å². The molecule has 2 saturated carbocycles. The summed E-state index contributed by atoms with van der Waals surface area (Å²) in [5, 5.41) is 1.45. The van der Waals surface area contributed by atoms with Gasteiger partial charge in [-0.05, 0) is 92.9 Å². The second kappa shape index (κ2) is 20.6. The Morgan fingerprint density at radius 1 is 0.945 bits per heavy atom. The average molecular weight is 773 g/mol. The van der Waals surface area contributed by atoms with E-state index in [0.29, 0.717) is 23.0 Å². The number of urea groups is 1. The van der Waals surface area contributed by atoms with Crippen LogP contribution in [0.1, 0.15) is 98.0 Å². The lowest BCUT2D eigenvalue weighted by Crippen LogP contribution is -2.53. The number of nitrogens with one attached hydrogen (secondary N) is 1. The lowest BCUT2D eigenvalue weighted by Gasteiger charge is -2.40. The van der Waals surface area contributed by atoms with Gasteiger partial charge in [0.15, 0.2) is 0 Å². The third-order valence-corrected chi connectivity index (χ3v) is 11.7. The first-order chi connectivity index (χ1) is 26.2.